The van der Waals surface area contributed by atoms with Gasteiger partial charge in [-0.25, -0.2) is 8.42 Å². The Morgan fingerprint density at radius 1 is 1.20 bits per heavy atom. The quantitative estimate of drug-likeness (QED) is 0.859. The predicted molar refractivity (Wildman–Crippen MR) is 79.9 cm³/mol. The molecule has 0 amide bonds. The number of benzene rings is 2. The van der Waals surface area contributed by atoms with E-state index in [1.54, 1.807) is 25.1 Å². The van der Waals surface area contributed by atoms with Gasteiger partial charge in [-0.2, -0.15) is 0 Å². The number of rotatable bonds is 5. The minimum Gasteiger partial charge on any atom is -0.500 e. The molecule has 5 heteroatoms. The molecule has 2 rings (SSSR count). The molecule has 0 bridgehead atoms. The maximum atomic E-state index is 12.5. The van der Waals surface area contributed by atoms with Gasteiger partial charge in [-0.15, -0.1) is 0 Å². The molecule has 0 saturated heterocycles. The van der Waals surface area contributed by atoms with Crippen molar-refractivity contribution in [1.29, 1.82) is 0 Å². The summed E-state index contributed by atoms with van der Waals surface area (Å²) in [5.41, 5.74) is 5.52. The summed E-state index contributed by atoms with van der Waals surface area (Å²) in [4.78, 5) is 0.308. The fourth-order valence-electron chi connectivity index (χ4n) is 1.88. The Balaban J connectivity index is 2.50. The molecule has 0 fully saturated rings. The third-order valence-electron chi connectivity index (χ3n) is 2.96. The second kappa shape index (κ2) is 6.07. The van der Waals surface area contributed by atoms with Crippen LogP contribution in [0.25, 0.3) is 10.8 Å². The van der Waals surface area contributed by atoms with Crippen molar-refractivity contribution in [1.82, 2.24) is 0 Å². The van der Waals surface area contributed by atoms with Crippen LogP contribution in [0.2, 0.25) is 0 Å². The van der Waals surface area contributed by atoms with E-state index in [4.69, 9.17) is 10.5 Å². The second-order valence-corrected chi connectivity index (χ2v) is 6.26. The molecule has 0 saturated carbocycles. The van der Waals surface area contributed by atoms with E-state index in [1.165, 1.54) is 6.26 Å². The average molecular weight is 291 g/mol. The van der Waals surface area contributed by atoms with Gasteiger partial charge in [0.05, 0.1) is 22.7 Å². The standard InChI is InChI=1S/C15H17NO3S/c1-2-19-11-15(10-16)20(17,18)14-8-7-12-5-3-4-6-13(12)9-14/h3-9,11H,2,10,16H2,1H3/b15-11+. The van der Waals surface area contributed by atoms with Crippen LogP contribution in [0.1, 0.15) is 6.92 Å². The number of hydrogen-bond acceptors (Lipinski definition) is 4. The van der Waals surface area contributed by atoms with E-state index in [0.29, 0.717) is 6.61 Å². The number of ether oxygens (including phenoxy) is 1. The lowest BCUT2D eigenvalue weighted by molar-refractivity contribution is 0.267. The highest BCUT2D eigenvalue weighted by atomic mass is 32.2. The van der Waals surface area contributed by atoms with Gasteiger partial charge in [-0.3, -0.25) is 0 Å². The highest BCUT2D eigenvalue weighted by Crippen LogP contribution is 2.23. The number of hydrogen-bond donors (Lipinski definition) is 1. The van der Waals surface area contributed by atoms with E-state index in [9.17, 15) is 8.42 Å². The van der Waals surface area contributed by atoms with Crippen LogP contribution < -0.4 is 5.73 Å². The Morgan fingerprint density at radius 3 is 2.55 bits per heavy atom. The highest BCUT2D eigenvalue weighted by Gasteiger charge is 2.20. The monoisotopic (exact) mass is 291 g/mol. The number of nitrogens with two attached hydrogens (primary N) is 1. The van der Waals surface area contributed by atoms with Crippen LogP contribution in [-0.2, 0) is 14.6 Å². The second-order valence-electron chi connectivity index (χ2n) is 4.26. The number of fused-ring (bicyclic) bond motifs is 1. The molecule has 0 spiro atoms. The summed E-state index contributed by atoms with van der Waals surface area (Å²) in [6.07, 6.45) is 1.23. The highest BCUT2D eigenvalue weighted by molar-refractivity contribution is 7.95. The Bertz CT molecular complexity index is 736. The molecular weight excluding hydrogens is 274 g/mol. The maximum Gasteiger partial charge on any atom is 0.207 e. The molecule has 0 aliphatic heterocycles. The van der Waals surface area contributed by atoms with E-state index >= 15 is 0 Å². The van der Waals surface area contributed by atoms with Crippen molar-refractivity contribution < 1.29 is 13.2 Å². The fraction of sp³-hybridized carbons (Fsp3) is 0.200. The van der Waals surface area contributed by atoms with Crippen LogP contribution in [0.3, 0.4) is 0 Å². The van der Waals surface area contributed by atoms with Crippen LogP contribution in [0, 0.1) is 0 Å². The molecule has 0 aliphatic rings. The minimum absolute atomic E-state index is 0.0784. The summed E-state index contributed by atoms with van der Waals surface area (Å²) in [5.74, 6) is 0. The fourth-order valence-corrected chi connectivity index (χ4v) is 3.13. The van der Waals surface area contributed by atoms with E-state index < -0.39 is 9.84 Å². The van der Waals surface area contributed by atoms with Crippen molar-refractivity contribution >= 4 is 20.6 Å². The van der Waals surface area contributed by atoms with Crippen molar-refractivity contribution in [3.05, 3.63) is 53.6 Å². The Morgan fingerprint density at radius 2 is 1.90 bits per heavy atom. The van der Waals surface area contributed by atoms with Crippen molar-refractivity contribution in [2.24, 2.45) is 5.73 Å². The third-order valence-corrected chi connectivity index (χ3v) is 4.79. The van der Waals surface area contributed by atoms with Crippen molar-refractivity contribution in [3.63, 3.8) is 0 Å². The van der Waals surface area contributed by atoms with E-state index in [1.807, 2.05) is 24.3 Å². The van der Waals surface area contributed by atoms with Crippen molar-refractivity contribution in [2.75, 3.05) is 13.2 Å². The first-order chi connectivity index (χ1) is 9.59. The van der Waals surface area contributed by atoms with Crippen LogP contribution in [0.15, 0.2) is 58.5 Å². The zero-order valence-electron chi connectivity index (χ0n) is 11.2. The summed E-state index contributed by atoms with van der Waals surface area (Å²) < 4.78 is 30.0. The molecule has 0 aromatic heterocycles. The van der Waals surface area contributed by atoms with Gasteiger partial charge in [0.25, 0.3) is 0 Å². The van der Waals surface area contributed by atoms with Crippen LogP contribution in [-0.4, -0.2) is 21.6 Å². The molecule has 0 aliphatic carbocycles. The molecule has 0 atom stereocenters. The summed E-state index contributed by atoms with van der Waals surface area (Å²) in [7, 11) is -3.60. The topological polar surface area (TPSA) is 69.4 Å². The van der Waals surface area contributed by atoms with E-state index in [2.05, 4.69) is 0 Å². The molecule has 4 nitrogen and oxygen atoms in total. The zero-order chi connectivity index (χ0) is 14.6. The third kappa shape index (κ3) is 2.84. The zero-order valence-corrected chi connectivity index (χ0v) is 12.1. The SMILES string of the molecule is CCO/C=C(\CN)S(=O)(=O)c1ccc2ccccc2c1. The predicted octanol–water partition coefficient (Wildman–Crippen LogP) is 2.45. The molecule has 0 radical (unpaired) electrons. The molecule has 2 aromatic carbocycles. The molecule has 0 heterocycles. The van der Waals surface area contributed by atoms with Gasteiger partial charge in [0.1, 0.15) is 0 Å². The smallest absolute Gasteiger partial charge is 0.207 e. The van der Waals surface area contributed by atoms with E-state index in [-0.39, 0.29) is 16.3 Å². The Hall–Kier alpha value is -1.85. The first kappa shape index (κ1) is 14.6. The maximum absolute atomic E-state index is 12.5. The largest absolute Gasteiger partial charge is 0.500 e. The molecule has 106 valence electrons. The van der Waals surface area contributed by atoms with Gasteiger partial charge in [-0.1, -0.05) is 30.3 Å². The van der Waals surface area contributed by atoms with Gasteiger partial charge in [0.2, 0.25) is 9.84 Å². The van der Waals surface area contributed by atoms with Gasteiger partial charge in [-0.05, 0) is 29.8 Å². The molecule has 2 aromatic rings. The first-order valence-corrected chi connectivity index (χ1v) is 7.82. The van der Waals surface area contributed by atoms with Gasteiger partial charge in [0.15, 0.2) is 0 Å². The van der Waals surface area contributed by atoms with E-state index in [0.717, 1.165) is 10.8 Å². The lowest BCUT2D eigenvalue weighted by Gasteiger charge is -2.08. The van der Waals surface area contributed by atoms with Crippen LogP contribution in [0.5, 0.6) is 0 Å². The average Bonchev–Trinajstić information content (AvgIpc) is 2.47. The molecular formula is C15H17NO3S. The normalized spacial score (nSPS) is 12.6. The summed E-state index contributed by atoms with van der Waals surface area (Å²) in [6, 6.07) is 12.6. The van der Waals surface area contributed by atoms with Crippen LogP contribution in [0.4, 0.5) is 0 Å². The lowest BCUT2D eigenvalue weighted by Crippen LogP contribution is -2.14. The first-order valence-electron chi connectivity index (χ1n) is 6.34. The van der Waals surface area contributed by atoms with Crippen molar-refractivity contribution in [3.8, 4) is 0 Å². The lowest BCUT2D eigenvalue weighted by atomic mass is 10.1. The number of sulfone groups is 1. The summed E-state index contributed by atoms with van der Waals surface area (Å²) >= 11 is 0. The summed E-state index contributed by atoms with van der Waals surface area (Å²) in [5, 5.41) is 1.87. The molecule has 20 heavy (non-hydrogen) atoms. The van der Waals surface area contributed by atoms with Crippen LogP contribution >= 0.6 is 0 Å². The Kier molecular flexibility index (Phi) is 4.42. The Labute approximate surface area is 118 Å². The van der Waals surface area contributed by atoms with Gasteiger partial charge >= 0.3 is 0 Å². The minimum atomic E-state index is -3.60. The van der Waals surface area contributed by atoms with Gasteiger partial charge in [0, 0.05) is 6.54 Å². The molecule has 2 N–H and O–H groups in total. The van der Waals surface area contributed by atoms with Crippen molar-refractivity contribution in [2.45, 2.75) is 11.8 Å². The molecule has 0 unspecified atom stereocenters. The van der Waals surface area contributed by atoms with Gasteiger partial charge < -0.3 is 10.5 Å². The summed E-state index contributed by atoms with van der Waals surface area (Å²) in [6.45, 7) is 2.10.